The fourth-order valence-corrected chi connectivity index (χ4v) is 2.86. The van der Waals surface area contributed by atoms with E-state index in [1.807, 2.05) is 0 Å². The average Bonchev–Trinajstić information content (AvgIpc) is 1.86. The molecule has 0 aromatic rings. The van der Waals surface area contributed by atoms with Gasteiger partial charge in [-0.2, -0.15) is 0 Å². The van der Waals surface area contributed by atoms with Gasteiger partial charge in [-0.25, -0.2) is 0 Å². The minimum absolute atomic E-state index is 0. The topological polar surface area (TPSA) is 0 Å². The third-order valence-corrected chi connectivity index (χ3v) is 8.07. The molecule has 0 unspecified atom stereocenters. The molecule has 10 heavy (non-hydrogen) atoms. The maximum atomic E-state index is 2.48. The minimum atomic E-state index is -0.503. The molecule has 2 heteroatoms. The van der Waals surface area contributed by atoms with Gasteiger partial charge in [0.1, 0.15) is 0 Å². The first-order valence-electron chi connectivity index (χ1n) is 3.91. The van der Waals surface area contributed by atoms with Crippen LogP contribution in [-0.4, -0.2) is 24.6 Å². The highest BCUT2D eigenvalue weighted by atomic mass is 35.5. The summed E-state index contributed by atoms with van der Waals surface area (Å²) < 4.78 is 0. The van der Waals surface area contributed by atoms with Gasteiger partial charge in [-0.3, -0.25) is 0 Å². The first-order chi connectivity index (χ1) is 4.06. The predicted molar refractivity (Wildman–Crippen MR) is 49.1 cm³/mol. The summed E-state index contributed by atoms with van der Waals surface area (Å²) in [6.45, 7) is 11.9. The van der Waals surface area contributed by atoms with E-state index < -0.39 is 7.26 Å². The lowest BCUT2D eigenvalue weighted by Crippen LogP contribution is -3.00. The molecular weight excluding hydrogens is 163 g/mol. The van der Waals surface area contributed by atoms with Crippen molar-refractivity contribution in [2.24, 2.45) is 0 Å². The molecule has 0 spiro atoms. The third kappa shape index (κ3) is 3.21. The fourth-order valence-electron chi connectivity index (χ4n) is 0.954. The molecule has 0 atom stereocenters. The van der Waals surface area contributed by atoms with Crippen LogP contribution in [0.2, 0.25) is 0 Å². The Morgan fingerprint density at radius 1 is 1.10 bits per heavy atom. The molecule has 0 fully saturated rings. The predicted octanol–water partition coefficient (Wildman–Crippen LogP) is 0.0860. The van der Waals surface area contributed by atoms with E-state index in [-0.39, 0.29) is 12.4 Å². The van der Waals surface area contributed by atoms with E-state index in [4.69, 9.17) is 0 Å². The highest BCUT2D eigenvalue weighted by Crippen LogP contribution is 2.58. The molecule has 0 aliphatic carbocycles. The van der Waals surface area contributed by atoms with Crippen LogP contribution in [0.1, 0.15) is 27.7 Å². The first-order valence-corrected chi connectivity index (χ1v) is 6.58. The summed E-state index contributed by atoms with van der Waals surface area (Å²) in [6, 6.07) is 0. The zero-order chi connectivity index (χ0) is 7.49. The van der Waals surface area contributed by atoms with E-state index in [1.54, 1.807) is 0 Å². The summed E-state index contributed by atoms with van der Waals surface area (Å²) in [5, 5.41) is 0. The van der Waals surface area contributed by atoms with Crippen molar-refractivity contribution in [1.82, 2.24) is 0 Å². The van der Waals surface area contributed by atoms with Crippen LogP contribution in [0.15, 0.2) is 0 Å². The molecule has 0 nitrogen and oxygen atoms in total. The molecule has 0 radical (unpaired) electrons. The zero-order valence-corrected chi connectivity index (χ0v) is 9.47. The second-order valence-corrected chi connectivity index (χ2v) is 8.46. The number of hydrogen-bond donors (Lipinski definition) is 0. The summed E-state index contributed by atoms with van der Waals surface area (Å²) in [6.07, 6.45) is 2.84. The van der Waals surface area contributed by atoms with Crippen LogP contribution in [-0.2, 0) is 0 Å². The maximum Gasteiger partial charge on any atom is 0.0638 e. The van der Waals surface area contributed by atoms with Crippen molar-refractivity contribution >= 4 is 7.26 Å². The number of hydrogen-bond acceptors (Lipinski definition) is 0. The largest absolute Gasteiger partial charge is 1.00 e. The van der Waals surface area contributed by atoms with Crippen LogP contribution in [0, 0.1) is 0 Å². The van der Waals surface area contributed by atoms with Crippen molar-refractivity contribution in [2.45, 2.75) is 33.4 Å². The Bertz CT molecular complexity index is 77.3. The van der Waals surface area contributed by atoms with Crippen LogP contribution in [0.25, 0.3) is 0 Å². The van der Waals surface area contributed by atoms with Crippen molar-refractivity contribution in [3.63, 3.8) is 0 Å². The van der Waals surface area contributed by atoms with Crippen molar-refractivity contribution in [1.29, 1.82) is 0 Å². The highest BCUT2D eigenvalue weighted by Gasteiger charge is 2.30. The minimum Gasteiger partial charge on any atom is -1.00 e. The monoisotopic (exact) mass is 182 g/mol. The Kier molecular flexibility index (Phi) is 7.17. The SMILES string of the molecule is CC[P+](C)(CC)C(C)C.[Cl-]. The molecule has 0 aromatic heterocycles. The van der Waals surface area contributed by atoms with Crippen molar-refractivity contribution in [3.8, 4) is 0 Å². The Balaban J connectivity index is 0. The lowest BCUT2D eigenvalue weighted by Gasteiger charge is -2.23. The van der Waals surface area contributed by atoms with Gasteiger partial charge < -0.3 is 12.4 Å². The number of rotatable bonds is 3. The van der Waals surface area contributed by atoms with Crippen molar-refractivity contribution < 1.29 is 12.4 Å². The fraction of sp³-hybridized carbons (Fsp3) is 1.00. The lowest BCUT2D eigenvalue weighted by atomic mass is 10.6. The molecule has 0 heterocycles. The van der Waals surface area contributed by atoms with Crippen LogP contribution < -0.4 is 12.4 Å². The average molecular weight is 183 g/mol. The van der Waals surface area contributed by atoms with Crippen LogP contribution in [0.4, 0.5) is 0 Å². The quantitative estimate of drug-likeness (QED) is 0.543. The Morgan fingerprint density at radius 3 is 1.40 bits per heavy atom. The molecule has 0 aliphatic heterocycles. The molecule has 0 bridgehead atoms. The second-order valence-electron chi connectivity index (χ2n) is 3.21. The first kappa shape index (κ1) is 13.3. The smallest absolute Gasteiger partial charge is 0.0638 e. The summed E-state index contributed by atoms with van der Waals surface area (Å²) in [5.41, 5.74) is 0.937. The van der Waals surface area contributed by atoms with Gasteiger partial charge in [0.25, 0.3) is 0 Å². The summed E-state index contributed by atoms with van der Waals surface area (Å²) in [4.78, 5) is 0. The molecule has 0 aliphatic rings. The van der Waals surface area contributed by atoms with Gasteiger partial charge in [-0.1, -0.05) is 0 Å². The van der Waals surface area contributed by atoms with E-state index in [0.717, 1.165) is 5.66 Å². The van der Waals surface area contributed by atoms with E-state index in [0.29, 0.717) is 0 Å². The third-order valence-electron chi connectivity index (χ3n) is 2.69. The van der Waals surface area contributed by atoms with Crippen molar-refractivity contribution in [2.75, 3.05) is 19.0 Å². The van der Waals surface area contributed by atoms with Crippen LogP contribution >= 0.6 is 7.26 Å². The second kappa shape index (κ2) is 5.38. The molecule has 64 valence electrons. The van der Waals surface area contributed by atoms with Crippen LogP contribution in [0.5, 0.6) is 0 Å². The molecule has 0 amide bonds. The Hall–Kier alpha value is 0.720. The normalized spacial score (nSPS) is 11.4. The zero-order valence-electron chi connectivity index (χ0n) is 7.82. The summed E-state index contributed by atoms with van der Waals surface area (Å²) >= 11 is 0. The summed E-state index contributed by atoms with van der Waals surface area (Å²) in [5.74, 6) is 0. The Labute approximate surface area is 72.5 Å². The van der Waals surface area contributed by atoms with Gasteiger partial charge >= 0.3 is 0 Å². The summed E-state index contributed by atoms with van der Waals surface area (Å²) in [7, 11) is -0.503. The molecule has 0 saturated heterocycles. The number of halogens is 1. The van der Waals surface area contributed by atoms with Gasteiger partial charge in [0.2, 0.25) is 0 Å². The molecule has 0 aromatic carbocycles. The standard InChI is InChI=1S/C8H20P.ClH/c1-6-9(5,7-2)8(3)4;/h8H,6-7H2,1-5H3;1H/q+1;/p-1. The maximum absolute atomic E-state index is 2.48. The van der Waals surface area contributed by atoms with Gasteiger partial charge in [0.05, 0.1) is 18.0 Å². The Morgan fingerprint density at radius 2 is 1.40 bits per heavy atom. The molecule has 0 rings (SSSR count). The van der Waals surface area contributed by atoms with Gasteiger partial charge in [-0.05, 0) is 27.7 Å². The van der Waals surface area contributed by atoms with E-state index in [2.05, 4.69) is 34.4 Å². The highest BCUT2D eigenvalue weighted by molar-refractivity contribution is 7.75. The van der Waals surface area contributed by atoms with E-state index >= 15 is 0 Å². The van der Waals surface area contributed by atoms with Crippen molar-refractivity contribution in [3.05, 3.63) is 0 Å². The van der Waals surface area contributed by atoms with E-state index in [1.165, 1.54) is 12.3 Å². The van der Waals surface area contributed by atoms with Gasteiger partial charge in [0.15, 0.2) is 0 Å². The molecule has 0 N–H and O–H groups in total. The van der Waals surface area contributed by atoms with Crippen LogP contribution in [0.3, 0.4) is 0 Å². The molecule has 0 saturated carbocycles. The molecular formula is C8H20ClP. The van der Waals surface area contributed by atoms with E-state index in [9.17, 15) is 0 Å². The van der Waals surface area contributed by atoms with Gasteiger partial charge in [-0.15, -0.1) is 0 Å². The van der Waals surface area contributed by atoms with Gasteiger partial charge in [0, 0.05) is 13.9 Å². The lowest BCUT2D eigenvalue weighted by molar-refractivity contribution is -0.00000228.